The van der Waals surface area contributed by atoms with E-state index in [1.165, 1.54) is 0 Å². The van der Waals surface area contributed by atoms with Crippen molar-refractivity contribution in [2.24, 2.45) is 0 Å². The van der Waals surface area contributed by atoms with Crippen LogP contribution in [0.4, 0.5) is 0 Å². The van der Waals surface area contributed by atoms with Crippen LogP contribution in [0.2, 0.25) is 0 Å². The Labute approximate surface area is 76.5 Å². The third-order valence-electron chi connectivity index (χ3n) is 2.50. The molecule has 5 heteroatoms. The van der Waals surface area contributed by atoms with E-state index in [2.05, 4.69) is 5.48 Å². The number of carbonyl (C=O) groups is 1. The van der Waals surface area contributed by atoms with E-state index < -0.39 is 0 Å². The Bertz CT molecular complexity index is 242. The zero-order chi connectivity index (χ0) is 9.26. The number of carbonyl (C=O) groups excluding carboxylic acids is 1. The van der Waals surface area contributed by atoms with E-state index in [9.17, 15) is 4.79 Å². The summed E-state index contributed by atoms with van der Waals surface area (Å²) in [5.74, 6) is 0.448. The molecule has 2 heterocycles. The molecular formula is C8H13N3O2. The molecule has 5 nitrogen and oxygen atoms in total. The van der Waals surface area contributed by atoms with Crippen molar-refractivity contribution < 1.29 is 9.63 Å². The molecule has 1 unspecified atom stereocenters. The smallest absolute Gasteiger partial charge is 0.268 e. The molecule has 0 radical (unpaired) electrons. The Hall–Kier alpha value is -1.10. The summed E-state index contributed by atoms with van der Waals surface area (Å²) >= 11 is 0. The van der Waals surface area contributed by atoms with Gasteiger partial charge in [-0.05, 0) is 12.8 Å². The highest BCUT2D eigenvalue weighted by atomic mass is 16.7. The van der Waals surface area contributed by atoms with Crippen LogP contribution in [0, 0.1) is 5.41 Å². The molecule has 0 aliphatic carbocycles. The molecule has 2 saturated heterocycles. The normalized spacial score (nSPS) is 29.2. The van der Waals surface area contributed by atoms with Crippen molar-refractivity contribution >= 4 is 11.7 Å². The molecule has 2 N–H and O–H groups in total. The molecule has 0 saturated carbocycles. The Morgan fingerprint density at radius 2 is 2.38 bits per heavy atom. The maximum absolute atomic E-state index is 11.2. The average Bonchev–Trinajstić information content (AvgIpc) is 2.52. The third kappa shape index (κ3) is 1.51. The molecular weight excluding hydrogens is 170 g/mol. The maximum atomic E-state index is 11.2. The van der Waals surface area contributed by atoms with Gasteiger partial charge >= 0.3 is 0 Å². The fraction of sp³-hybridized carbons (Fsp3) is 0.750. The molecule has 72 valence electrons. The summed E-state index contributed by atoms with van der Waals surface area (Å²) in [5.41, 5.74) is 2.31. The fourth-order valence-corrected chi connectivity index (χ4v) is 1.76. The molecule has 0 aromatic heterocycles. The maximum Gasteiger partial charge on any atom is 0.268 e. The van der Waals surface area contributed by atoms with Crippen LogP contribution in [0.25, 0.3) is 0 Å². The van der Waals surface area contributed by atoms with E-state index in [1.54, 1.807) is 0 Å². The SMILES string of the molecule is N=C1CCCCN1C1CONC1=O. The highest BCUT2D eigenvalue weighted by molar-refractivity contribution is 5.89. The van der Waals surface area contributed by atoms with Crippen molar-refractivity contribution in [2.75, 3.05) is 13.2 Å². The number of hydrogen-bond acceptors (Lipinski definition) is 3. The van der Waals surface area contributed by atoms with Crippen LogP contribution in [-0.4, -0.2) is 35.8 Å². The minimum absolute atomic E-state index is 0.119. The molecule has 0 spiro atoms. The summed E-state index contributed by atoms with van der Waals surface area (Å²) in [7, 11) is 0. The predicted octanol–water partition coefficient (Wildman–Crippen LogP) is -0.120. The van der Waals surface area contributed by atoms with E-state index in [-0.39, 0.29) is 11.9 Å². The molecule has 1 amide bonds. The van der Waals surface area contributed by atoms with Crippen molar-refractivity contribution in [3.05, 3.63) is 0 Å². The molecule has 13 heavy (non-hydrogen) atoms. The lowest BCUT2D eigenvalue weighted by atomic mass is 10.1. The monoisotopic (exact) mass is 183 g/mol. The molecule has 2 aliphatic rings. The van der Waals surface area contributed by atoms with Crippen LogP contribution in [0.1, 0.15) is 19.3 Å². The second-order valence-corrected chi connectivity index (χ2v) is 3.39. The van der Waals surface area contributed by atoms with Crippen molar-refractivity contribution in [1.29, 1.82) is 5.41 Å². The lowest BCUT2D eigenvalue weighted by Gasteiger charge is -2.32. The summed E-state index contributed by atoms with van der Waals surface area (Å²) in [6, 6.07) is -0.271. The summed E-state index contributed by atoms with van der Waals surface area (Å²) < 4.78 is 0. The van der Waals surface area contributed by atoms with Gasteiger partial charge in [0.05, 0.1) is 5.84 Å². The molecule has 0 aromatic carbocycles. The van der Waals surface area contributed by atoms with Crippen LogP contribution in [0.3, 0.4) is 0 Å². The number of nitrogens with one attached hydrogen (secondary N) is 2. The molecule has 1 atom stereocenters. The van der Waals surface area contributed by atoms with Gasteiger partial charge in [0.15, 0.2) is 0 Å². The van der Waals surface area contributed by atoms with E-state index in [0.717, 1.165) is 25.8 Å². The van der Waals surface area contributed by atoms with Gasteiger partial charge in [-0.15, -0.1) is 0 Å². The van der Waals surface area contributed by atoms with Gasteiger partial charge in [0.25, 0.3) is 5.91 Å². The number of likely N-dealkylation sites (tertiary alicyclic amines) is 1. The van der Waals surface area contributed by atoms with Crippen LogP contribution < -0.4 is 5.48 Å². The largest absolute Gasteiger partial charge is 0.346 e. The Morgan fingerprint density at radius 1 is 1.54 bits per heavy atom. The first kappa shape index (κ1) is 8.50. The van der Waals surface area contributed by atoms with Crippen LogP contribution in [-0.2, 0) is 9.63 Å². The van der Waals surface area contributed by atoms with Crippen molar-refractivity contribution in [3.63, 3.8) is 0 Å². The second kappa shape index (κ2) is 3.33. The summed E-state index contributed by atoms with van der Waals surface area (Å²) in [4.78, 5) is 17.9. The zero-order valence-electron chi connectivity index (χ0n) is 7.38. The lowest BCUT2D eigenvalue weighted by molar-refractivity contribution is -0.126. The number of piperidine rings is 1. The van der Waals surface area contributed by atoms with E-state index in [0.29, 0.717) is 12.4 Å². The van der Waals surface area contributed by atoms with E-state index in [4.69, 9.17) is 10.2 Å². The zero-order valence-corrected chi connectivity index (χ0v) is 7.38. The molecule has 0 bridgehead atoms. The van der Waals surface area contributed by atoms with Gasteiger partial charge in [0.1, 0.15) is 12.6 Å². The van der Waals surface area contributed by atoms with E-state index >= 15 is 0 Å². The van der Waals surface area contributed by atoms with Gasteiger partial charge in [-0.3, -0.25) is 15.0 Å². The Balaban J connectivity index is 2.05. The summed E-state index contributed by atoms with van der Waals surface area (Å²) in [5, 5.41) is 7.69. The van der Waals surface area contributed by atoms with Crippen molar-refractivity contribution in [1.82, 2.24) is 10.4 Å². The van der Waals surface area contributed by atoms with Gasteiger partial charge in [-0.25, -0.2) is 5.48 Å². The number of hydroxylamine groups is 1. The van der Waals surface area contributed by atoms with E-state index in [1.807, 2.05) is 4.90 Å². The minimum atomic E-state index is -0.271. The first-order chi connectivity index (χ1) is 6.29. The quantitative estimate of drug-likeness (QED) is 0.595. The number of nitrogens with zero attached hydrogens (tertiary/aromatic N) is 1. The van der Waals surface area contributed by atoms with Gasteiger partial charge in [0.2, 0.25) is 0 Å². The first-order valence-electron chi connectivity index (χ1n) is 4.55. The van der Waals surface area contributed by atoms with Gasteiger partial charge < -0.3 is 4.90 Å². The average molecular weight is 183 g/mol. The molecule has 2 aliphatic heterocycles. The number of rotatable bonds is 1. The summed E-state index contributed by atoms with van der Waals surface area (Å²) in [6.45, 7) is 1.17. The molecule has 0 aromatic rings. The number of amides is 1. The van der Waals surface area contributed by atoms with Crippen LogP contribution in [0.15, 0.2) is 0 Å². The highest BCUT2D eigenvalue weighted by Crippen LogP contribution is 2.16. The highest BCUT2D eigenvalue weighted by Gasteiger charge is 2.33. The Morgan fingerprint density at radius 3 is 3.00 bits per heavy atom. The van der Waals surface area contributed by atoms with Gasteiger partial charge in [-0.1, -0.05) is 0 Å². The van der Waals surface area contributed by atoms with Crippen molar-refractivity contribution in [3.8, 4) is 0 Å². The van der Waals surface area contributed by atoms with Gasteiger partial charge in [-0.2, -0.15) is 0 Å². The van der Waals surface area contributed by atoms with Gasteiger partial charge in [0, 0.05) is 13.0 Å². The second-order valence-electron chi connectivity index (χ2n) is 3.39. The molecule has 2 fully saturated rings. The van der Waals surface area contributed by atoms with Crippen molar-refractivity contribution in [2.45, 2.75) is 25.3 Å². The standard InChI is InChI=1S/C8H13N3O2/c9-7-3-1-2-4-11(7)6-5-13-10-8(6)12/h6,9H,1-5H2,(H,10,12). The summed E-state index contributed by atoms with van der Waals surface area (Å²) in [6.07, 6.45) is 2.90. The molecule has 2 rings (SSSR count). The minimum Gasteiger partial charge on any atom is -0.346 e. The Kier molecular flexibility index (Phi) is 2.18. The fourth-order valence-electron chi connectivity index (χ4n) is 1.76. The van der Waals surface area contributed by atoms with Crippen LogP contribution in [0.5, 0.6) is 0 Å². The first-order valence-corrected chi connectivity index (χ1v) is 4.55. The predicted molar refractivity (Wildman–Crippen MR) is 46.2 cm³/mol. The lowest BCUT2D eigenvalue weighted by Crippen LogP contribution is -2.47. The topological polar surface area (TPSA) is 65.4 Å². The number of amidine groups is 1. The van der Waals surface area contributed by atoms with Crippen LogP contribution >= 0.6 is 0 Å². The number of hydrogen-bond donors (Lipinski definition) is 2. The third-order valence-corrected chi connectivity index (χ3v) is 2.50.